The van der Waals surface area contributed by atoms with Gasteiger partial charge in [0.1, 0.15) is 17.9 Å². The van der Waals surface area contributed by atoms with Crippen molar-refractivity contribution in [3.8, 4) is 17.3 Å². The van der Waals surface area contributed by atoms with E-state index in [1.54, 1.807) is 43.4 Å². The first kappa shape index (κ1) is 26.0. The molecular weight excluding hydrogens is 488 g/mol. The minimum Gasteiger partial charge on any atom is -0.369 e. The summed E-state index contributed by atoms with van der Waals surface area (Å²) in [6.07, 6.45) is -4.83. The Morgan fingerprint density at radius 2 is 1.89 bits per heavy atom. The van der Waals surface area contributed by atoms with Crippen molar-refractivity contribution in [3.63, 3.8) is 0 Å². The number of halogens is 4. The number of carbonyl (C=O) groups excluding carboxylic acids is 1. The predicted octanol–water partition coefficient (Wildman–Crippen LogP) is 4.41. The van der Waals surface area contributed by atoms with Crippen LogP contribution in [0.5, 0.6) is 0 Å². The van der Waals surface area contributed by atoms with Gasteiger partial charge >= 0.3 is 6.18 Å². The molecule has 1 fully saturated rings. The van der Waals surface area contributed by atoms with Gasteiger partial charge in [-0.2, -0.15) is 18.4 Å². The van der Waals surface area contributed by atoms with Crippen LogP contribution in [-0.4, -0.2) is 46.6 Å². The van der Waals surface area contributed by atoms with Crippen LogP contribution in [-0.2, 0) is 4.79 Å². The van der Waals surface area contributed by atoms with Gasteiger partial charge in [-0.25, -0.2) is 14.4 Å². The molecule has 3 unspecified atom stereocenters. The van der Waals surface area contributed by atoms with Crippen LogP contribution in [0, 0.1) is 23.1 Å². The van der Waals surface area contributed by atoms with Gasteiger partial charge in [-0.1, -0.05) is 36.4 Å². The van der Waals surface area contributed by atoms with Crippen molar-refractivity contribution in [2.45, 2.75) is 31.1 Å². The molecule has 3 N–H and O–H groups in total. The molecule has 4 rings (SSSR count). The largest absolute Gasteiger partial charge is 0.404 e. The summed E-state index contributed by atoms with van der Waals surface area (Å²) in [4.78, 5) is 22.1. The van der Waals surface area contributed by atoms with Crippen LogP contribution in [0.1, 0.15) is 35.7 Å². The summed E-state index contributed by atoms with van der Waals surface area (Å²) < 4.78 is 57.1. The van der Waals surface area contributed by atoms with E-state index in [1.165, 1.54) is 23.1 Å². The van der Waals surface area contributed by atoms with Gasteiger partial charge < -0.3 is 11.1 Å². The molecule has 0 radical (unpaired) electrons. The van der Waals surface area contributed by atoms with Crippen molar-refractivity contribution in [3.05, 3.63) is 77.2 Å². The fourth-order valence-corrected chi connectivity index (χ4v) is 4.67. The number of amides is 1. The fraction of sp³-hybridized carbons (Fsp3) is 0.308. The smallest absolute Gasteiger partial charge is 0.369 e. The van der Waals surface area contributed by atoms with Gasteiger partial charge in [0, 0.05) is 19.2 Å². The van der Waals surface area contributed by atoms with Crippen LogP contribution in [0.15, 0.2) is 54.6 Å². The molecule has 1 aliphatic rings. The zero-order valence-corrected chi connectivity index (χ0v) is 19.8. The highest BCUT2D eigenvalue weighted by Crippen LogP contribution is 2.41. The molecule has 0 spiro atoms. The number of carbonyl (C=O) groups is 1. The Labute approximate surface area is 210 Å². The van der Waals surface area contributed by atoms with Crippen molar-refractivity contribution < 1.29 is 22.4 Å². The number of rotatable bonds is 6. The minimum absolute atomic E-state index is 0.0266. The molecule has 1 aromatic heterocycles. The van der Waals surface area contributed by atoms with Crippen LogP contribution in [0.25, 0.3) is 11.3 Å². The zero-order chi connectivity index (χ0) is 26.7. The first-order valence-corrected chi connectivity index (χ1v) is 11.6. The maximum Gasteiger partial charge on any atom is 0.404 e. The van der Waals surface area contributed by atoms with Gasteiger partial charge in [0.15, 0.2) is 0 Å². The summed E-state index contributed by atoms with van der Waals surface area (Å²) in [6.45, 7) is -0.210. The zero-order valence-electron chi connectivity index (χ0n) is 19.8. The monoisotopic (exact) mass is 512 g/mol. The summed E-state index contributed by atoms with van der Waals surface area (Å²) >= 11 is 0. The quantitative estimate of drug-likeness (QED) is 0.474. The molecule has 11 heteroatoms. The molecule has 37 heavy (non-hydrogen) atoms. The number of nitriles is 1. The average Bonchev–Trinajstić information content (AvgIpc) is 2.88. The van der Waals surface area contributed by atoms with E-state index in [2.05, 4.69) is 15.3 Å². The maximum atomic E-state index is 14.4. The number of hydrogen-bond acceptors (Lipinski definition) is 6. The van der Waals surface area contributed by atoms with E-state index in [4.69, 9.17) is 11.0 Å². The molecule has 1 aliphatic heterocycles. The molecule has 2 aromatic carbocycles. The lowest BCUT2D eigenvalue weighted by molar-refractivity contribution is -0.200. The molecule has 0 bridgehead atoms. The van der Waals surface area contributed by atoms with Crippen molar-refractivity contribution in [2.24, 2.45) is 11.7 Å². The first-order chi connectivity index (χ1) is 17.6. The van der Waals surface area contributed by atoms with Crippen molar-refractivity contribution in [2.75, 3.05) is 18.9 Å². The van der Waals surface area contributed by atoms with Gasteiger partial charge in [-0.05, 0) is 36.6 Å². The normalized spacial score (nSPS) is 19.1. The molecular formula is C26H24F4N6O. The number of piperidine rings is 1. The Kier molecular flexibility index (Phi) is 7.40. The molecule has 1 amide bonds. The topological polar surface area (TPSA) is 108 Å². The summed E-state index contributed by atoms with van der Waals surface area (Å²) in [6, 6.07) is 12.9. The van der Waals surface area contributed by atoms with Gasteiger partial charge in [-0.3, -0.25) is 9.69 Å². The molecule has 0 saturated carbocycles. The Balaban J connectivity index is 1.90. The van der Waals surface area contributed by atoms with Crippen LogP contribution in [0.3, 0.4) is 0 Å². The Morgan fingerprint density at radius 3 is 2.49 bits per heavy atom. The number of nitrogens with one attached hydrogen (secondary N) is 1. The highest BCUT2D eigenvalue weighted by Gasteiger charge is 2.50. The van der Waals surface area contributed by atoms with Crippen LogP contribution < -0.4 is 11.1 Å². The SMILES string of the molecule is CNc1nc(-c2ccc(C#N)c(F)c2)cc(C(c2ccccc2)N2CC(C(N)=O)CCC2C(F)(F)F)n1. The Hall–Kier alpha value is -4.04. The van der Waals surface area contributed by atoms with E-state index < -0.39 is 35.9 Å². The van der Waals surface area contributed by atoms with E-state index in [9.17, 15) is 22.4 Å². The summed E-state index contributed by atoms with van der Waals surface area (Å²) in [5.41, 5.74) is 6.69. The lowest BCUT2D eigenvalue weighted by Gasteiger charge is -2.44. The third kappa shape index (κ3) is 5.54. The van der Waals surface area contributed by atoms with Crippen molar-refractivity contribution in [1.29, 1.82) is 5.26 Å². The van der Waals surface area contributed by atoms with E-state index >= 15 is 0 Å². The lowest BCUT2D eigenvalue weighted by atomic mass is 9.88. The minimum atomic E-state index is -4.56. The van der Waals surface area contributed by atoms with E-state index in [-0.39, 0.29) is 42.3 Å². The molecule has 3 aromatic rings. The molecule has 192 valence electrons. The average molecular weight is 513 g/mol. The van der Waals surface area contributed by atoms with Gasteiger partial charge in [-0.15, -0.1) is 0 Å². The maximum absolute atomic E-state index is 14.4. The number of anilines is 1. The van der Waals surface area contributed by atoms with Crippen LogP contribution in [0.4, 0.5) is 23.5 Å². The molecule has 0 aliphatic carbocycles. The molecule has 3 atom stereocenters. The van der Waals surface area contributed by atoms with E-state index in [0.29, 0.717) is 11.1 Å². The van der Waals surface area contributed by atoms with Crippen LogP contribution in [0.2, 0.25) is 0 Å². The summed E-state index contributed by atoms with van der Waals surface area (Å²) in [5, 5.41) is 11.9. The van der Waals surface area contributed by atoms with E-state index in [0.717, 1.165) is 6.07 Å². The Morgan fingerprint density at radius 1 is 1.16 bits per heavy atom. The summed E-state index contributed by atoms with van der Waals surface area (Å²) in [7, 11) is 1.56. The first-order valence-electron chi connectivity index (χ1n) is 11.6. The van der Waals surface area contributed by atoms with E-state index in [1.807, 2.05) is 0 Å². The van der Waals surface area contributed by atoms with Crippen molar-refractivity contribution in [1.82, 2.24) is 14.9 Å². The second kappa shape index (κ2) is 10.5. The molecule has 2 heterocycles. The number of benzene rings is 2. The molecule has 7 nitrogen and oxygen atoms in total. The number of primary amides is 1. The second-order valence-electron chi connectivity index (χ2n) is 8.80. The number of aromatic nitrogens is 2. The van der Waals surface area contributed by atoms with Gasteiger partial charge in [0.2, 0.25) is 11.9 Å². The number of hydrogen-bond donors (Lipinski definition) is 2. The van der Waals surface area contributed by atoms with Crippen LogP contribution >= 0.6 is 0 Å². The number of nitrogens with two attached hydrogens (primary N) is 1. The highest BCUT2D eigenvalue weighted by molar-refractivity contribution is 5.77. The number of alkyl halides is 3. The Bertz CT molecular complexity index is 1320. The lowest BCUT2D eigenvalue weighted by Crippen LogP contribution is -2.54. The number of likely N-dealkylation sites (tertiary alicyclic amines) is 1. The van der Waals surface area contributed by atoms with Gasteiger partial charge in [0.25, 0.3) is 0 Å². The third-order valence-electron chi connectivity index (χ3n) is 6.48. The number of nitrogens with zero attached hydrogens (tertiary/aromatic N) is 4. The summed E-state index contributed by atoms with van der Waals surface area (Å²) in [5.74, 6) is -2.05. The third-order valence-corrected chi connectivity index (χ3v) is 6.48. The fourth-order valence-electron chi connectivity index (χ4n) is 4.67. The second-order valence-corrected chi connectivity index (χ2v) is 8.80. The van der Waals surface area contributed by atoms with Crippen molar-refractivity contribution >= 4 is 11.9 Å². The predicted molar refractivity (Wildman–Crippen MR) is 128 cm³/mol. The van der Waals surface area contributed by atoms with Gasteiger partial charge in [0.05, 0.1) is 28.9 Å². The molecule has 1 saturated heterocycles. The standard InChI is InChI=1S/C26H24F4N6O/c1-33-25-34-20(16-7-8-17(13-31)19(27)11-16)12-21(35-25)23(15-5-3-2-4-6-15)36-14-18(24(32)37)9-10-22(36)26(28,29)30/h2-8,11-12,18,22-23H,9-10,14H2,1H3,(H2,32,37)(H,33,34,35). The highest BCUT2D eigenvalue weighted by atomic mass is 19.4.